The highest BCUT2D eigenvalue weighted by molar-refractivity contribution is 6.98. The highest BCUT2D eigenvalue weighted by atomic mass is 28.4. The second-order valence-electron chi connectivity index (χ2n) is 14.7. The van der Waals surface area contributed by atoms with Gasteiger partial charge in [0, 0.05) is 18.8 Å². The van der Waals surface area contributed by atoms with E-state index in [9.17, 15) is 4.80 Å². The smallest absolute Gasteiger partial charge is 0.258 e. The Morgan fingerprint density at radius 2 is 1.58 bits per heavy atom. The van der Waals surface area contributed by atoms with Crippen LogP contribution >= 0.6 is 0 Å². The Morgan fingerprint density at radius 3 is 2.31 bits per heavy atom. The summed E-state index contributed by atoms with van der Waals surface area (Å²) < 4.78 is 12.6. The van der Waals surface area contributed by atoms with Crippen molar-refractivity contribution in [1.82, 2.24) is 9.97 Å². The van der Waals surface area contributed by atoms with E-state index in [2.05, 4.69) is 104 Å². The number of furan rings is 1. The number of nitrogens with one attached hydrogen (secondary N) is 1. The molecule has 2 aliphatic carbocycles. The molecule has 7 heteroatoms. The predicted octanol–water partition coefficient (Wildman–Crippen LogP) is 8.17. The largest absolute Gasteiger partial charge is 0.458 e. The maximum absolute atomic E-state index is 12.9. The molecule has 0 bridgehead atoms. The summed E-state index contributed by atoms with van der Waals surface area (Å²) in [4.78, 5) is 22.4. The van der Waals surface area contributed by atoms with Crippen molar-refractivity contribution in [3.63, 3.8) is 0 Å². The van der Waals surface area contributed by atoms with Crippen LogP contribution in [0.2, 0.25) is 5.04 Å². The molecule has 0 saturated heterocycles. The molecule has 4 atom stereocenters. The average molecular weight is 660 g/mol. The van der Waals surface area contributed by atoms with Gasteiger partial charge in [-0.15, -0.1) is 0 Å². The number of aromatic nitrogens is 2. The van der Waals surface area contributed by atoms with Gasteiger partial charge < -0.3 is 19.3 Å². The van der Waals surface area contributed by atoms with E-state index >= 15 is 0 Å². The van der Waals surface area contributed by atoms with E-state index in [1.807, 2.05) is 18.4 Å². The Morgan fingerprint density at radius 1 is 0.896 bits per heavy atom. The summed E-state index contributed by atoms with van der Waals surface area (Å²) in [6.45, 7) is 8.33. The van der Waals surface area contributed by atoms with Gasteiger partial charge in [0.25, 0.3) is 8.32 Å². The lowest BCUT2D eigenvalue weighted by atomic mass is 9.87. The molecule has 2 heterocycles. The molecule has 48 heavy (non-hydrogen) atoms. The highest BCUT2D eigenvalue weighted by Crippen LogP contribution is 2.52. The van der Waals surface area contributed by atoms with Crippen LogP contribution in [0.25, 0.3) is 11.1 Å². The quantitative estimate of drug-likeness (QED) is 0.0981. The van der Waals surface area contributed by atoms with Crippen LogP contribution in [0.1, 0.15) is 87.9 Å². The van der Waals surface area contributed by atoms with Crippen LogP contribution in [0, 0.1) is 11.8 Å². The van der Waals surface area contributed by atoms with Gasteiger partial charge in [0.1, 0.15) is 11.8 Å². The predicted molar refractivity (Wildman–Crippen MR) is 196 cm³/mol. The number of benzene rings is 3. The summed E-state index contributed by atoms with van der Waals surface area (Å²) in [5.74, 6) is 1.84. The van der Waals surface area contributed by atoms with Gasteiger partial charge in [-0.3, -0.25) is 0 Å². The van der Waals surface area contributed by atoms with Crippen molar-refractivity contribution in [3.05, 3.63) is 114 Å². The van der Waals surface area contributed by atoms with Crippen molar-refractivity contribution in [2.45, 2.75) is 82.7 Å². The first-order chi connectivity index (χ1) is 23.4. The number of rotatable bonds is 13. The molecule has 7 rings (SSSR count). The fourth-order valence-corrected chi connectivity index (χ4v) is 12.4. The van der Waals surface area contributed by atoms with Crippen LogP contribution in [-0.4, -0.2) is 36.3 Å². The number of ether oxygens (including phenoxy) is 1. The van der Waals surface area contributed by atoms with E-state index in [0.29, 0.717) is 17.8 Å². The van der Waals surface area contributed by atoms with E-state index in [1.54, 1.807) is 6.33 Å². The molecule has 6 nitrogen and oxygen atoms in total. The van der Waals surface area contributed by atoms with Crippen molar-refractivity contribution in [2.24, 2.45) is 11.8 Å². The zero-order chi connectivity index (χ0) is 33.1. The summed E-state index contributed by atoms with van der Waals surface area (Å²) in [6.07, 6.45) is 10.9. The lowest BCUT2D eigenvalue weighted by molar-refractivity contribution is 0.0796. The number of anilines is 1. The third-order valence-electron chi connectivity index (χ3n) is 11.2. The fourth-order valence-electron chi connectivity index (χ4n) is 8.64. The van der Waals surface area contributed by atoms with Crippen molar-refractivity contribution in [1.29, 1.82) is 0 Å². The van der Waals surface area contributed by atoms with Crippen LogP contribution in [0.5, 0.6) is 0 Å². The summed E-state index contributed by atoms with van der Waals surface area (Å²) >= 11 is 0. The first-order valence-corrected chi connectivity index (χ1v) is 19.8. The lowest BCUT2D eigenvalue weighted by Gasteiger charge is -2.43. The molecule has 250 valence electrons. The van der Waals surface area contributed by atoms with Crippen LogP contribution in [0.4, 0.5) is 5.82 Å². The molecule has 0 spiro atoms. The number of hydrogen-bond acceptors (Lipinski definition) is 6. The van der Waals surface area contributed by atoms with E-state index < -0.39 is 8.32 Å². The van der Waals surface area contributed by atoms with Crippen LogP contribution < -0.4 is 15.7 Å². The zero-order valence-corrected chi connectivity index (χ0v) is 29.6. The lowest BCUT2D eigenvalue weighted by Crippen LogP contribution is -2.65. The molecule has 0 unspecified atom stereocenters. The van der Waals surface area contributed by atoms with Crippen molar-refractivity contribution < 1.29 is 13.9 Å². The average Bonchev–Trinajstić information content (AvgIpc) is 3.84. The van der Waals surface area contributed by atoms with E-state index in [0.717, 1.165) is 85.5 Å². The Bertz CT molecular complexity index is 1770. The van der Waals surface area contributed by atoms with Crippen LogP contribution in [0.3, 0.4) is 0 Å². The number of fused-ring (bicyclic) bond motifs is 2. The molecule has 3 aromatic carbocycles. The first kappa shape index (κ1) is 32.7. The molecule has 2 aliphatic rings. The van der Waals surface area contributed by atoms with Gasteiger partial charge >= 0.3 is 0 Å². The van der Waals surface area contributed by atoms with E-state index in [4.69, 9.17) is 14.1 Å². The summed E-state index contributed by atoms with van der Waals surface area (Å²) in [6, 6.07) is 29.7. The maximum atomic E-state index is 12.9. The summed E-state index contributed by atoms with van der Waals surface area (Å²) in [7, 11) is -3.14. The highest BCUT2D eigenvalue weighted by Gasteiger charge is 2.52. The van der Waals surface area contributed by atoms with Gasteiger partial charge in [-0.05, 0) is 82.8 Å². The Kier molecular flexibility index (Phi) is 9.54. The van der Waals surface area contributed by atoms with Crippen LogP contribution in [0.15, 0.2) is 102 Å². The summed E-state index contributed by atoms with van der Waals surface area (Å²) in [5, 5.41) is 5.49. The molecule has 0 amide bonds. The molecule has 0 aliphatic heterocycles. The van der Waals surface area contributed by atoms with Gasteiger partial charge in [0.2, 0.25) is 0 Å². The molecular weight excluding hydrogens is 611 g/mol. The Balaban J connectivity index is 1.17. The molecule has 5 aromatic rings. The van der Waals surface area contributed by atoms with Gasteiger partial charge in [-0.2, -0.15) is 0 Å². The van der Waals surface area contributed by atoms with Crippen molar-refractivity contribution in [3.8, 4) is 0 Å². The van der Waals surface area contributed by atoms with Gasteiger partial charge in [0.05, 0.1) is 12.3 Å². The second kappa shape index (κ2) is 14.0. The topological polar surface area (TPSA) is 80.4 Å². The van der Waals surface area contributed by atoms with Gasteiger partial charge in [-0.1, -0.05) is 112 Å². The van der Waals surface area contributed by atoms with E-state index in [-0.39, 0.29) is 11.1 Å². The van der Waals surface area contributed by atoms with Gasteiger partial charge in [0.15, 0.2) is 11.4 Å². The Labute approximate surface area is 286 Å². The molecule has 2 N–H and O–H groups in total. The monoisotopic (exact) mass is 659 g/mol. The molecular formula is C41H49N3O3Si. The maximum Gasteiger partial charge on any atom is 0.258 e. The molecule has 0 radical (unpaired) electrons. The minimum Gasteiger partial charge on any atom is -0.458 e. The summed E-state index contributed by atoms with van der Waals surface area (Å²) in [5.41, 5.74) is 5.57. The Hall–Kier alpha value is -3.78. The molecule has 2 aromatic heterocycles. The minimum absolute atomic E-state index is 0.215. The number of hydrogen-bond donors (Lipinski definition) is 2. The zero-order valence-electron chi connectivity index (χ0n) is 28.6. The number of unbranched alkanes of at least 4 members (excludes halogenated alkanes) is 1. The molecule has 1 fully saturated rings. The third kappa shape index (κ3) is 6.24. The first-order valence-electron chi connectivity index (χ1n) is 17.9. The van der Waals surface area contributed by atoms with E-state index in [1.165, 1.54) is 16.7 Å². The standard InChI is InChI=1S/C41H49N3O3Si/c1-4-5-22-46-26-32-24-30(23-31(32)25-41(2,3)48(45,33-15-8-6-9-16-33)34-17-10-7-11-18-34)36-27-47-39-38(36)42-28-43-40(39)44-37-21-20-29-14-12-13-19-35(29)37/h6-19,27-28,30-32,37,45H,4-5,20-26H2,1-3H3,(H,42,43,44)/t30-,31+,32+,37+/m1/s1. The third-order valence-corrected chi connectivity index (χ3v) is 15.7. The van der Waals surface area contributed by atoms with Crippen molar-refractivity contribution >= 4 is 35.6 Å². The van der Waals surface area contributed by atoms with Gasteiger partial charge in [-0.25, -0.2) is 9.97 Å². The SMILES string of the molecule is CCCCOC[C@@H]1C[C@H](c2coc3c(N[C@H]4CCc5ccccc54)ncnc23)C[C@H]1CC(C)(C)[Si](O)(c1ccccc1)c1ccccc1. The normalized spacial score (nSPS) is 21.1. The fraction of sp³-hybridized carbons (Fsp3) is 0.415. The second-order valence-corrected chi connectivity index (χ2v) is 18.6. The van der Waals surface area contributed by atoms with Crippen LogP contribution in [-0.2, 0) is 11.2 Å². The number of aryl methyl sites for hydroxylation is 1. The number of nitrogens with zero attached hydrogens (tertiary/aromatic N) is 2. The minimum atomic E-state index is -3.14. The molecule has 1 saturated carbocycles. The van der Waals surface area contributed by atoms with Crippen molar-refractivity contribution in [2.75, 3.05) is 18.5 Å².